The molecule has 0 aliphatic heterocycles. The van der Waals surface area contributed by atoms with E-state index in [1.807, 2.05) is 18.2 Å². The van der Waals surface area contributed by atoms with Crippen LogP contribution in [-0.2, 0) is 11.2 Å². The van der Waals surface area contributed by atoms with E-state index in [1.165, 1.54) is 0 Å². The van der Waals surface area contributed by atoms with E-state index in [2.05, 4.69) is 31.4 Å². The molecule has 3 atom stereocenters. The number of unbranched alkanes of at least 4 members (excludes halogenated alkanes) is 2. The van der Waals surface area contributed by atoms with Gasteiger partial charge in [0.25, 0.3) is 0 Å². The Morgan fingerprint density at radius 1 is 1.09 bits per heavy atom. The van der Waals surface area contributed by atoms with Crippen LogP contribution in [0.4, 0.5) is 4.79 Å². The number of hydrogen-bond donors (Lipinski definition) is 4. The normalized spacial score (nSPS) is 13.9. The maximum atomic E-state index is 11.9. The van der Waals surface area contributed by atoms with Gasteiger partial charge in [-0.2, -0.15) is 0 Å². The average Bonchev–Trinajstić information content (AvgIpc) is 2.82. The van der Waals surface area contributed by atoms with Crippen LogP contribution in [0.1, 0.15) is 58.4 Å². The lowest BCUT2D eigenvalue weighted by Gasteiger charge is -2.27. The number of rotatable bonds is 18. The van der Waals surface area contributed by atoms with Crippen LogP contribution in [-0.4, -0.2) is 63.8 Å². The molecular weight excluding hydrogens is 434 g/mol. The second-order valence-electron chi connectivity index (χ2n) is 9.20. The van der Waals surface area contributed by atoms with Crippen LogP contribution < -0.4 is 25.8 Å². The van der Waals surface area contributed by atoms with Crippen LogP contribution >= 0.6 is 0 Å². The van der Waals surface area contributed by atoms with Gasteiger partial charge in [-0.1, -0.05) is 39.7 Å². The fraction of sp³-hybridized carbons (Fsp3) is 0.731. The Morgan fingerprint density at radius 3 is 2.50 bits per heavy atom. The topological polar surface area (TPSA) is 115 Å². The zero-order valence-electron chi connectivity index (χ0n) is 21.8. The van der Waals surface area contributed by atoms with E-state index in [1.54, 1.807) is 14.2 Å². The lowest BCUT2D eigenvalue weighted by Crippen LogP contribution is -2.47. The molecule has 0 aromatic heterocycles. The molecule has 8 heteroatoms. The van der Waals surface area contributed by atoms with Crippen molar-refractivity contribution in [1.29, 1.82) is 0 Å². The number of amides is 2. The fourth-order valence-corrected chi connectivity index (χ4v) is 3.73. The summed E-state index contributed by atoms with van der Waals surface area (Å²) >= 11 is 0. The van der Waals surface area contributed by atoms with Crippen molar-refractivity contribution in [2.75, 3.05) is 40.5 Å². The second-order valence-corrected chi connectivity index (χ2v) is 9.20. The summed E-state index contributed by atoms with van der Waals surface area (Å²) in [6, 6.07) is 5.29. The molecule has 1 aromatic rings. The molecule has 2 amide bonds. The molecular formula is C26H47N3O5. The van der Waals surface area contributed by atoms with Gasteiger partial charge in [0.15, 0.2) is 11.5 Å². The standard InChI is InChI=1S/C26H47N3O5/c1-6-7-8-12-28-26(31)29-18-23(30)22(27)17-21(19(2)3)15-20-10-11-24(33-5)25(16-20)34-14-9-13-32-4/h10-11,16,19,21-23,30H,6-9,12-15,17-18,27H2,1-5H3,(H2,28,29,31)/t21-,22-,23-/m0/s1. The molecule has 34 heavy (non-hydrogen) atoms. The predicted octanol–water partition coefficient (Wildman–Crippen LogP) is 3.49. The lowest BCUT2D eigenvalue weighted by atomic mass is 9.83. The van der Waals surface area contributed by atoms with E-state index in [0.717, 1.165) is 43.4 Å². The van der Waals surface area contributed by atoms with Crippen molar-refractivity contribution in [3.63, 3.8) is 0 Å². The number of hydrogen-bond acceptors (Lipinski definition) is 6. The highest BCUT2D eigenvalue weighted by Crippen LogP contribution is 2.31. The number of urea groups is 1. The molecule has 0 radical (unpaired) electrons. The first kappa shape index (κ1) is 30.0. The van der Waals surface area contributed by atoms with Crippen molar-refractivity contribution in [3.8, 4) is 11.5 Å². The number of nitrogens with one attached hydrogen (secondary N) is 2. The van der Waals surface area contributed by atoms with E-state index < -0.39 is 12.1 Å². The van der Waals surface area contributed by atoms with E-state index >= 15 is 0 Å². The van der Waals surface area contributed by atoms with E-state index in [0.29, 0.717) is 37.8 Å². The fourth-order valence-electron chi connectivity index (χ4n) is 3.73. The summed E-state index contributed by atoms with van der Waals surface area (Å²) in [5.41, 5.74) is 7.46. The Labute approximate surface area is 205 Å². The summed E-state index contributed by atoms with van der Waals surface area (Å²) in [4.78, 5) is 11.9. The third kappa shape index (κ3) is 11.9. The molecule has 8 nitrogen and oxygen atoms in total. The van der Waals surface area contributed by atoms with Gasteiger partial charge in [-0.25, -0.2) is 4.79 Å². The van der Waals surface area contributed by atoms with E-state index in [4.69, 9.17) is 19.9 Å². The minimum atomic E-state index is -0.807. The zero-order valence-corrected chi connectivity index (χ0v) is 21.8. The van der Waals surface area contributed by atoms with Gasteiger partial charge >= 0.3 is 6.03 Å². The number of benzene rings is 1. The molecule has 1 rings (SSSR count). The molecule has 0 saturated carbocycles. The van der Waals surface area contributed by atoms with E-state index in [9.17, 15) is 9.90 Å². The van der Waals surface area contributed by atoms with Gasteiger partial charge in [0.05, 0.1) is 19.8 Å². The molecule has 0 fully saturated rings. The van der Waals surface area contributed by atoms with Gasteiger partial charge in [0.1, 0.15) is 0 Å². The van der Waals surface area contributed by atoms with Gasteiger partial charge in [-0.3, -0.25) is 0 Å². The third-order valence-corrected chi connectivity index (χ3v) is 6.03. The number of methoxy groups -OCH3 is 2. The first-order chi connectivity index (χ1) is 16.3. The first-order valence-electron chi connectivity index (χ1n) is 12.6. The molecule has 0 heterocycles. The Hall–Kier alpha value is -2.03. The van der Waals surface area contributed by atoms with Crippen LogP contribution in [0.5, 0.6) is 11.5 Å². The van der Waals surface area contributed by atoms with Gasteiger partial charge in [-0.05, 0) is 48.8 Å². The highest BCUT2D eigenvalue weighted by atomic mass is 16.5. The quantitative estimate of drug-likeness (QED) is 0.239. The van der Waals surface area contributed by atoms with Crippen molar-refractivity contribution in [2.45, 2.75) is 71.4 Å². The number of aliphatic hydroxyl groups excluding tert-OH is 1. The number of ether oxygens (including phenoxy) is 3. The number of carbonyl (C=O) groups is 1. The Kier molecular flexibility index (Phi) is 15.4. The molecule has 1 aromatic carbocycles. The number of aliphatic hydroxyl groups is 1. The summed E-state index contributed by atoms with van der Waals surface area (Å²) in [7, 11) is 3.31. The smallest absolute Gasteiger partial charge is 0.314 e. The molecule has 196 valence electrons. The maximum Gasteiger partial charge on any atom is 0.314 e. The molecule has 0 spiro atoms. The molecule has 5 N–H and O–H groups in total. The molecule has 0 bridgehead atoms. The van der Waals surface area contributed by atoms with Gasteiger partial charge in [0.2, 0.25) is 0 Å². The summed E-state index contributed by atoms with van der Waals surface area (Å²) in [5, 5.41) is 16.0. The van der Waals surface area contributed by atoms with Gasteiger partial charge in [0, 0.05) is 39.3 Å². The minimum Gasteiger partial charge on any atom is -0.493 e. The van der Waals surface area contributed by atoms with Crippen molar-refractivity contribution < 1.29 is 24.1 Å². The maximum absolute atomic E-state index is 11.9. The van der Waals surface area contributed by atoms with Crippen molar-refractivity contribution >= 4 is 6.03 Å². The zero-order chi connectivity index (χ0) is 25.3. The molecule has 0 saturated heterocycles. The van der Waals surface area contributed by atoms with Crippen LogP contribution in [0, 0.1) is 11.8 Å². The number of carbonyl (C=O) groups excluding carboxylic acids is 1. The van der Waals surface area contributed by atoms with Crippen LogP contribution in [0.25, 0.3) is 0 Å². The molecule has 0 aliphatic rings. The number of nitrogens with two attached hydrogens (primary N) is 1. The first-order valence-corrected chi connectivity index (χ1v) is 12.6. The summed E-state index contributed by atoms with van der Waals surface area (Å²) in [6.07, 6.45) is 4.59. The van der Waals surface area contributed by atoms with E-state index in [-0.39, 0.29) is 18.5 Å². The van der Waals surface area contributed by atoms with Gasteiger partial charge < -0.3 is 35.7 Å². The molecule has 0 unspecified atom stereocenters. The van der Waals surface area contributed by atoms with Crippen LogP contribution in [0.15, 0.2) is 18.2 Å². The largest absolute Gasteiger partial charge is 0.493 e. The monoisotopic (exact) mass is 481 g/mol. The Morgan fingerprint density at radius 2 is 1.85 bits per heavy atom. The van der Waals surface area contributed by atoms with Gasteiger partial charge in [-0.15, -0.1) is 0 Å². The SMILES string of the molecule is CCCCCNC(=O)NC[C@H](O)[C@@H](N)C[C@H](Cc1ccc(OC)c(OCCCOC)c1)C(C)C. The summed E-state index contributed by atoms with van der Waals surface area (Å²) in [5.74, 6) is 2.06. The minimum absolute atomic E-state index is 0.133. The van der Waals surface area contributed by atoms with Crippen molar-refractivity contribution in [2.24, 2.45) is 17.6 Å². The Bertz CT molecular complexity index is 686. The summed E-state index contributed by atoms with van der Waals surface area (Å²) < 4.78 is 16.4. The highest BCUT2D eigenvalue weighted by Gasteiger charge is 2.23. The second kappa shape index (κ2) is 17.4. The lowest BCUT2D eigenvalue weighted by molar-refractivity contribution is 0.125. The van der Waals surface area contributed by atoms with Crippen LogP contribution in [0.3, 0.4) is 0 Å². The van der Waals surface area contributed by atoms with Crippen molar-refractivity contribution in [1.82, 2.24) is 10.6 Å². The Balaban J connectivity index is 2.63. The molecule has 0 aliphatic carbocycles. The third-order valence-electron chi connectivity index (χ3n) is 6.03. The average molecular weight is 482 g/mol. The summed E-state index contributed by atoms with van der Waals surface area (Å²) in [6.45, 7) is 8.41. The van der Waals surface area contributed by atoms with Crippen molar-refractivity contribution in [3.05, 3.63) is 23.8 Å². The predicted molar refractivity (Wildman–Crippen MR) is 137 cm³/mol. The highest BCUT2D eigenvalue weighted by molar-refractivity contribution is 5.73. The van der Waals surface area contributed by atoms with Crippen LogP contribution in [0.2, 0.25) is 0 Å².